The van der Waals surface area contributed by atoms with E-state index in [0.717, 1.165) is 59.4 Å². The second-order valence-corrected chi connectivity index (χ2v) is 7.29. The number of aryl methyl sites for hydroxylation is 1. The summed E-state index contributed by atoms with van der Waals surface area (Å²) in [6.07, 6.45) is 4.55. The van der Waals surface area contributed by atoms with E-state index in [1.807, 2.05) is 47.1 Å². The van der Waals surface area contributed by atoms with Crippen LogP contribution in [0.4, 0.5) is 0 Å². The zero-order valence-electron chi connectivity index (χ0n) is 16.5. The van der Waals surface area contributed by atoms with E-state index < -0.39 is 0 Å². The highest BCUT2D eigenvalue weighted by Gasteiger charge is 2.21. The van der Waals surface area contributed by atoms with Gasteiger partial charge in [0.05, 0.1) is 18.5 Å². The first-order valence-electron chi connectivity index (χ1n) is 10.1. The summed E-state index contributed by atoms with van der Waals surface area (Å²) in [5, 5.41) is 14.0. The number of hydrogen-bond acceptors (Lipinski definition) is 4. The Morgan fingerprint density at radius 1 is 0.897 bits per heavy atom. The first-order valence-corrected chi connectivity index (χ1v) is 10.1. The van der Waals surface area contributed by atoms with Crippen LogP contribution >= 0.6 is 0 Å². The molecule has 0 aliphatic carbocycles. The summed E-state index contributed by atoms with van der Waals surface area (Å²) in [4.78, 5) is 0. The number of ether oxygens (including phenoxy) is 1. The minimum absolute atomic E-state index is 0.833. The van der Waals surface area contributed by atoms with Gasteiger partial charge in [0.25, 0.3) is 0 Å². The molecule has 4 aromatic rings. The normalized spacial score (nSPS) is 13.7. The maximum Gasteiger partial charge on any atom is 0.182 e. The van der Waals surface area contributed by atoms with Gasteiger partial charge in [-0.1, -0.05) is 24.6 Å². The summed E-state index contributed by atoms with van der Waals surface area (Å²) in [5.41, 5.74) is 3.91. The van der Waals surface area contributed by atoms with E-state index in [2.05, 4.69) is 33.0 Å². The van der Waals surface area contributed by atoms with E-state index in [9.17, 15) is 0 Å². The van der Waals surface area contributed by atoms with Crippen LogP contribution in [0.2, 0.25) is 0 Å². The quantitative estimate of drug-likeness (QED) is 0.518. The van der Waals surface area contributed by atoms with Crippen LogP contribution in [0.3, 0.4) is 0 Å². The molecule has 1 aliphatic rings. The molecule has 0 saturated carbocycles. The first kappa shape index (κ1) is 17.7. The number of hydrogen-bond donors (Lipinski definition) is 0. The predicted molar refractivity (Wildman–Crippen MR) is 112 cm³/mol. The SMILES string of the molecule is COc1ccc(-c2cc(-c3nnc4n3CCCCC4)n(-c3ccccc3)n2)cc1. The van der Waals surface area contributed by atoms with Gasteiger partial charge in [0, 0.05) is 18.5 Å². The van der Waals surface area contributed by atoms with Gasteiger partial charge in [-0.15, -0.1) is 10.2 Å². The van der Waals surface area contributed by atoms with E-state index in [4.69, 9.17) is 9.84 Å². The largest absolute Gasteiger partial charge is 0.497 e. The Kier molecular flexibility index (Phi) is 4.60. The molecule has 0 amide bonds. The zero-order valence-corrected chi connectivity index (χ0v) is 16.5. The molecule has 3 heterocycles. The van der Waals surface area contributed by atoms with Crippen LogP contribution in [0, 0.1) is 0 Å². The van der Waals surface area contributed by atoms with Gasteiger partial charge in [-0.05, 0) is 55.3 Å². The third-order valence-electron chi connectivity index (χ3n) is 5.43. The van der Waals surface area contributed by atoms with Gasteiger partial charge in [0.15, 0.2) is 5.82 Å². The summed E-state index contributed by atoms with van der Waals surface area (Å²) in [6.45, 7) is 0.954. The summed E-state index contributed by atoms with van der Waals surface area (Å²) in [7, 11) is 1.67. The fourth-order valence-electron chi connectivity index (χ4n) is 3.88. The van der Waals surface area contributed by atoms with Gasteiger partial charge in [-0.25, -0.2) is 4.68 Å². The Morgan fingerprint density at radius 3 is 2.52 bits per heavy atom. The van der Waals surface area contributed by atoms with Gasteiger partial charge in [-0.3, -0.25) is 0 Å². The van der Waals surface area contributed by atoms with Crippen molar-refractivity contribution in [2.45, 2.75) is 32.2 Å². The van der Waals surface area contributed by atoms with Crippen molar-refractivity contribution in [1.29, 1.82) is 0 Å². The number of fused-ring (bicyclic) bond motifs is 1. The average Bonchev–Trinajstić information content (AvgIpc) is 3.32. The molecule has 2 aromatic heterocycles. The first-order chi connectivity index (χ1) is 14.3. The van der Waals surface area contributed by atoms with Crippen LogP contribution in [-0.2, 0) is 13.0 Å². The van der Waals surface area contributed by atoms with E-state index in [-0.39, 0.29) is 0 Å². The minimum Gasteiger partial charge on any atom is -0.497 e. The van der Waals surface area contributed by atoms with Gasteiger partial charge in [-0.2, -0.15) is 5.10 Å². The van der Waals surface area contributed by atoms with Crippen LogP contribution in [-0.4, -0.2) is 31.7 Å². The highest BCUT2D eigenvalue weighted by Crippen LogP contribution is 2.30. The van der Waals surface area contributed by atoms with E-state index in [1.165, 1.54) is 12.8 Å². The monoisotopic (exact) mass is 385 g/mol. The Morgan fingerprint density at radius 2 is 1.72 bits per heavy atom. The molecule has 146 valence electrons. The van der Waals surface area contributed by atoms with Crippen LogP contribution in [0.1, 0.15) is 25.1 Å². The molecule has 29 heavy (non-hydrogen) atoms. The third-order valence-corrected chi connectivity index (χ3v) is 5.43. The van der Waals surface area contributed by atoms with Gasteiger partial charge in [0.2, 0.25) is 0 Å². The molecule has 2 aromatic carbocycles. The molecule has 0 spiro atoms. The van der Waals surface area contributed by atoms with Crippen molar-refractivity contribution in [1.82, 2.24) is 24.5 Å². The maximum absolute atomic E-state index is 5.29. The molecule has 1 aliphatic heterocycles. The number of rotatable bonds is 4. The number of methoxy groups -OCH3 is 1. The fourth-order valence-corrected chi connectivity index (χ4v) is 3.88. The molecule has 0 fully saturated rings. The highest BCUT2D eigenvalue weighted by atomic mass is 16.5. The van der Waals surface area contributed by atoms with Crippen molar-refractivity contribution < 1.29 is 4.74 Å². The summed E-state index contributed by atoms with van der Waals surface area (Å²) >= 11 is 0. The lowest BCUT2D eigenvalue weighted by Gasteiger charge is -2.09. The van der Waals surface area contributed by atoms with Crippen molar-refractivity contribution in [3.05, 3.63) is 66.5 Å². The van der Waals surface area contributed by atoms with Crippen molar-refractivity contribution in [3.8, 4) is 34.2 Å². The number of benzene rings is 2. The van der Waals surface area contributed by atoms with E-state index >= 15 is 0 Å². The smallest absolute Gasteiger partial charge is 0.182 e. The molecule has 0 bridgehead atoms. The molecule has 6 nitrogen and oxygen atoms in total. The van der Waals surface area contributed by atoms with Crippen LogP contribution < -0.4 is 4.74 Å². The summed E-state index contributed by atoms with van der Waals surface area (Å²) < 4.78 is 9.53. The molecule has 0 saturated heterocycles. The molecule has 0 N–H and O–H groups in total. The lowest BCUT2D eigenvalue weighted by atomic mass is 10.1. The standard InChI is InChI=1S/C23H23N5O/c1-29-19-13-11-17(12-14-19)20-16-21(28(26-20)18-8-4-2-5-9-18)23-25-24-22-10-6-3-7-15-27(22)23/h2,4-5,8-9,11-14,16H,3,6-7,10,15H2,1H3. The Hall–Kier alpha value is -3.41. The van der Waals surface area contributed by atoms with Gasteiger partial charge in [0.1, 0.15) is 17.3 Å². The van der Waals surface area contributed by atoms with Crippen LogP contribution in [0.15, 0.2) is 60.7 Å². The summed E-state index contributed by atoms with van der Waals surface area (Å²) in [5.74, 6) is 2.79. The lowest BCUT2D eigenvalue weighted by molar-refractivity contribution is 0.415. The van der Waals surface area contributed by atoms with E-state index in [0.29, 0.717) is 0 Å². The van der Waals surface area contributed by atoms with Crippen molar-refractivity contribution >= 4 is 0 Å². The van der Waals surface area contributed by atoms with Crippen molar-refractivity contribution in [2.75, 3.05) is 7.11 Å². The Balaban J connectivity index is 1.66. The van der Waals surface area contributed by atoms with Crippen LogP contribution in [0.5, 0.6) is 5.75 Å². The Labute approximate surface area is 169 Å². The molecule has 0 unspecified atom stereocenters. The minimum atomic E-state index is 0.833. The molecule has 0 atom stereocenters. The molecule has 6 heteroatoms. The van der Waals surface area contributed by atoms with Crippen molar-refractivity contribution in [3.63, 3.8) is 0 Å². The molecule has 0 radical (unpaired) electrons. The number of para-hydroxylation sites is 1. The summed E-state index contributed by atoms with van der Waals surface area (Å²) in [6, 6.07) is 20.3. The van der Waals surface area contributed by atoms with E-state index in [1.54, 1.807) is 7.11 Å². The number of nitrogens with zero attached hydrogens (tertiary/aromatic N) is 5. The maximum atomic E-state index is 5.29. The van der Waals surface area contributed by atoms with Gasteiger partial charge < -0.3 is 9.30 Å². The highest BCUT2D eigenvalue weighted by molar-refractivity contribution is 5.68. The predicted octanol–water partition coefficient (Wildman–Crippen LogP) is 4.53. The molecular formula is C23H23N5O. The second kappa shape index (κ2) is 7.54. The number of aromatic nitrogens is 5. The van der Waals surface area contributed by atoms with Crippen LogP contribution in [0.25, 0.3) is 28.5 Å². The Bertz CT molecular complexity index is 1110. The van der Waals surface area contributed by atoms with Crippen molar-refractivity contribution in [2.24, 2.45) is 0 Å². The molecular weight excluding hydrogens is 362 g/mol. The fraction of sp³-hybridized carbons (Fsp3) is 0.261. The molecule has 5 rings (SSSR count). The average molecular weight is 385 g/mol. The lowest BCUT2D eigenvalue weighted by Crippen LogP contribution is -2.06. The topological polar surface area (TPSA) is 57.8 Å². The third kappa shape index (κ3) is 3.31. The van der Waals surface area contributed by atoms with Gasteiger partial charge >= 0.3 is 0 Å². The zero-order chi connectivity index (χ0) is 19.6. The second-order valence-electron chi connectivity index (χ2n) is 7.29.